The van der Waals surface area contributed by atoms with Crippen molar-refractivity contribution in [2.24, 2.45) is 5.92 Å². The normalized spacial score (nSPS) is 31.7. The SMILES string of the molecule is CCCCCCCCCCCCCCCC(=O)C[C@H](CO[C@@H]1O[C@H](CO[C@H]2O[C@H](CO[C@H]3O[C@H](CO)[C@H](O)[C@H](O)[C@H]3O)[C@H](O)[C@H](O)[C@H]2O)[C@H](O)[C@H](O)[C@H]1O)C(=O)CCCCCCCCCCCCCCC. The maximum Gasteiger partial charge on any atom is 0.186 e. The molecule has 3 aliphatic rings. The van der Waals surface area contributed by atoms with Crippen LogP contribution in [0.15, 0.2) is 0 Å². The van der Waals surface area contributed by atoms with Crippen LogP contribution in [-0.2, 0) is 38.0 Å². The molecule has 16 atom stereocenters. The van der Waals surface area contributed by atoms with Gasteiger partial charge in [0.2, 0.25) is 0 Å². The molecule has 0 spiro atoms. The second kappa shape index (κ2) is 37.4. The van der Waals surface area contributed by atoms with E-state index in [1.54, 1.807) is 0 Å². The van der Waals surface area contributed by atoms with E-state index in [0.29, 0.717) is 12.8 Å². The zero-order valence-electron chi connectivity index (χ0n) is 43.3. The van der Waals surface area contributed by atoms with Gasteiger partial charge in [0.1, 0.15) is 84.8 Å². The monoisotopic (exact) mass is 1020 g/mol. The van der Waals surface area contributed by atoms with Gasteiger partial charge < -0.3 is 79.5 Å². The van der Waals surface area contributed by atoms with Crippen molar-refractivity contribution in [1.29, 1.82) is 0 Å². The van der Waals surface area contributed by atoms with Gasteiger partial charge in [0, 0.05) is 25.2 Å². The van der Waals surface area contributed by atoms with Crippen LogP contribution in [-0.4, -0.2) is 181 Å². The predicted molar refractivity (Wildman–Crippen MR) is 264 cm³/mol. The molecule has 71 heavy (non-hydrogen) atoms. The summed E-state index contributed by atoms with van der Waals surface area (Å²) in [5.74, 6) is -1.01. The Hall–Kier alpha value is -1.30. The second-order valence-electron chi connectivity index (χ2n) is 20.6. The number of unbranched alkanes of at least 4 members (excludes halogenated alkanes) is 24. The van der Waals surface area contributed by atoms with Crippen LogP contribution in [0.5, 0.6) is 0 Å². The third kappa shape index (κ3) is 23.6. The number of hydrogen-bond donors (Lipinski definition) is 10. The molecular formula is C53H98O18. The highest BCUT2D eigenvalue weighted by Gasteiger charge is 2.49. The van der Waals surface area contributed by atoms with Crippen LogP contribution < -0.4 is 0 Å². The second-order valence-corrected chi connectivity index (χ2v) is 20.6. The Kier molecular flexibility index (Phi) is 33.7. The zero-order valence-corrected chi connectivity index (χ0v) is 43.3. The van der Waals surface area contributed by atoms with Crippen molar-refractivity contribution in [3.63, 3.8) is 0 Å². The average molecular weight is 1020 g/mol. The maximum absolute atomic E-state index is 13.7. The molecule has 3 saturated heterocycles. The first-order valence-corrected chi connectivity index (χ1v) is 27.8. The number of carbonyl (C=O) groups is 2. The summed E-state index contributed by atoms with van der Waals surface area (Å²) < 4.78 is 33.9. The summed E-state index contributed by atoms with van der Waals surface area (Å²) in [6, 6.07) is 0. The molecule has 0 amide bonds. The molecule has 3 aliphatic heterocycles. The van der Waals surface area contributed by atoms with Crippen molar-refractivity contribution in [2.75, 3.05) is 26.4 Å². The maximum atomic E-state index is 13.7. The van der Waals surface area contributed by atoms with Crippen LogP contribution in [0.1, 0.15) is 200 Å². The summed E-state index contributed by atoms with van der Waals surface area (Å²) >= 11 is 0. The Morgan fingerprint density at radius 1 is 0.394 bits per heavy atom. The lowest BCUT2D eigenvalue weighted by atomic mass is 9.92. The van der Waals surface area contributed by atoms with Crippen LogP contribution in [0.2, 0.25) is 0 Å². The van der Waals surface area contributed by atoms with Crippen molar-refractivity contribution in [2.45, 2.75) is 292 Å². The molecule has 418 valence electrons. The number of aliphatic hydroxyl groups is 10. The summed E-state index contributed by atoms with van der Waals surface area (Å²) in [5.41, 5.74) is 0. The van der Waals surface area contributed by atoms with E-state index in [-0.39, 0.29) is 31.0 Å². The lowest BCUT2D eigenvalue weighted by Gasteiger charge is -2.44. The van der Waals surface area contributed by atoms with Gasteiger partial charge in [0.15, 0.2) is 18.9 Å². The Morgan fingerprint density at radius 2 is 0.704 bits per heavy atom. The van der Waals surface area contributed by atoms with Crippen molar-refractivity contribution in [3.05, 3.63) is 0 Å². The molecule has 0 unspecified atom stereocenters. The summed E-state index contributed by atoms with van der Waals surface area (Å²) in [6.45, 7) is 2.26. The number of hydrogen-bond acceptors (Lipinski definition) is 18. The molecule has 18 nitrogen and oxygen atoms in total. The van der Waals surface area contributed by atoms with Crippen molar-refractivity contribution >= 4 is 11.6 Å². The van der Waals surface area contributed by atoms with E-state index in [2.05, 4.69) is 13.8 Å². The minimum Gasteiger partial charge on any atom is -0.394 e. The predicted octanol–water partition coefficient (Wildman–Crippen LogP) is 4.56. The Morgan fingerprint density at radius 3 is 1.07 bits per heavy atom. The van der Waals surface area contributed by atoms with E-state index in [1.165, 1.54) is 116 Å². The van der Waals surface area contributed by atoms with Crippen LogP contribution in [0.3, 0.4) is 0 Å². The number of ether oxygens (including phenoxy) is 6. The first-order chi connectivity index (χ1) is 34.2. The van der Waals surface area contributed by atoms with Crippen molar-refractivity contribution < 1.29 is 89.1 Å². The fourth-order valence-electron chi connectivity index (χ4n) is 9.68. The Balaban J connectivity index is 1.52. The molecule has 0 radical (unpaired) electrons. The van der Waals surface area contributed by atoms with E-state index in [9.17, 15) is 60.7 Å². The lowest BCUT2D eigenvalue weighted by molar-refractivity contribution is -0.342. The van der Waals surface area contributed by atoms with Crippen LogP contribution in [0.4, 0.5) is 0 Å². The number of aliphatic hydroxyl groups excluding tert-OH is 10. The molecule has 3 fully saturated rings. The fourth-order valence-corrected chi connectivity index (χ4v) is 9.68. The van der Waals surface area contributed by atoms with Gasteiger partial charge in [0.05, 0.1) is 26.4 Å². The highest BCUT2D eigenvalue weighted by atomic mass is 16.7. The van der Waals surface area contributed by atoms with Crippen LogP contribution >= 0.6 is 0 Å². The summed E-state index contributed by atoms with van der Waals surface area (Å²) in [6.07, 6.45) is 6.32. The molecular weight excluding hydrogens is 925 g/mol. The van der Waals surface area contributed by atoms with Gasteiger partial charge in [-0.25, -0.2) is 0 Å². The molecule has 3 heterocycles. The molecule has 0 aromatic rings. The van der Waals surface area contributed by atoms with E-state index in [0.717, 1.165) is 44.9 Å². The quantitative estimate of drug-likeness (QED) is 0.0376. The summed E-state index contributed by atoms with van der Waals surface area (Å²) in [4.78, 5) is 27.0. The van der Waals surface area contributed by atoms with Gasteiger partial charge in [-0.05, 0) is 12.8 Å². The lowest BCUT2D eigenvalue weighted by Crippen LogP contribution is -2.62. The molecule has 0 aromatic heterocycles. The molecule has 0 aliphatic carbocycles. The minimum atomic E-state index is -1.85. The number of carbonyl (C=O) groups excluding carboxylic acids is 2. The van der Waals surface area contributed by atoms with E-state index in [1.807, 2.05) is 0 Å². The smallest absolute Gasteiger partial charge is 0.186 e. The van der Waals surface area contributed by atoms with E-state index < -0.39 is 118 Å². The minimum absolute atomic E-state index is 0.0393. The fraction of sp³-hybridized carbons (Fsp3) is 0.962. The van der Waals surface area contributed by atoms with E-state index >= 15 is 0 Å². The summed E-state index contributed by atoms with van der Waals surface area (Å²) in [7, 11) is 0. The van der Waals surface area contributed by atoms with E-state index in [4.69, 9.17) is 28.4 Å². The zero-order chi connectivity index (χ0) is 52.0. The summed E-state index contributed by atoms with van der Waals surface area (Å²) in [5, 5.41) is 105. The van der Waals surface area contributed by atoms with Crippen molar-refractivity contribution in [1.82, 2.24) is 0 Å². The molecule has 0 saturated carbocycles. The van der Waals surface area contributed by atoms with Crippen molar-refractivity contribution in [3.8, 4) is 0 Å². The van der Waals surface area contributed by atoms with Gasteiger partial charge in [0.25, 0.3) is 0 Å². The average Bonchev–Trinajstić information content (AvgIpc) is 3.36. The highest BCUT2D eigenvalue weighted by Crippen LogP contribution is 2.29. The largest absolute Gasteiger partial charge is 0.394 e. The third-order valence-corrected chi connectivity index (χ3v) is 14.5. The Bertz CT molecular complexity index is 1360. The topological polar surface area (TPSA) is 292 Å². The highest BCUT2D eigenvalue weighted by molar-refractivity contribution is 5.88. The first-order valence-electron chi connectivity index (χ1n) is 27.8. The Labute approximate surface area is 424 Å². The molecule has 3 rings (SSSR count). The van der Waals surface area contributed by atoms with Crippen LogP contribution in [0, 0.1) is 5.92 Å². The molecule has 0 bridgehead atoms. The number of ketones is 2. The van der Waals surface area contributed by atoms with Gasteiger partial charge in [-0.2, -0.15) is 0 Å². The van der Waals surface area contributed by atoms with Gasteiger partial charge in [-0.15, -0.1) is 0 Å². The van der Waals surface area contributed by atoms with Crippen LogP contribution in [0.25, 0.3) is 0 Å². The van der Waals surface area contributed by atoms with Gasteiger partial charge >= 0.3 is 0 Å². The first kappa shape index (κ1) is 64.0. The van der Waals surface area contributed by atoms with Gasteiger partial charge in [-0.1, -0.05) is 168 Å². The molecule has 10 N–H and O–H groups in total. The third-order valence-electron chi connectivity index (χ3n) is 14.5. The number of Topliss-reactive ketones (excluding diaryl/α,β-unsaturated/α-hetero) is 2. The molecule has 18 heteroatoms. The number of rotatable bonds is 41. The molecule has 0 aromatic carbocycles. The standard InChI is InChI=1S/C53H98O18/c1-3-5-7-9-11-13-15-17-19-21-23-25-27-29-37(55)31-36(38(56)30-28-26-24-22-20-18-16-14-12-10-8-6-4-2)33-66-51-49(64)46(61)43(58)40(70-51)35-68-53-50(65)47(62)44(59)41(71-53)34-67-52-48(63)45(60)42(57)39(32-54)69-52/h36,39-54,57-65H,3-35H2,1-2H3/t36-,39-,40-,41-,42+,43+,44+,45+,46+,47+,48-,49-,50-,51-,52+,53+/m1/s1. The van der Waals surface area contributed by atoms with Gasteiger partial charge in [-0.3, -0.25) is 9.59 Å².